The fourth-order valence-corrected chi connectivity index (χ4v) is 4.07. The molecule has 0 radical (unpaired) electrons. The van der Waals surface area contributed by atoms with Gasteiger partial charge in [-0.1, -0.05) is 16.9 Å². The van der Waals surface area contributed by atoms with E-state index in [1.807, 2.05) is 0 Å². The molecule has 0 aliphatic rings. The second-order valence-corrected chi connectivity index (χ2v) is 9.69. The molecule has 1 atom stereocenters. The largest absolute Gasteiger partial charge is 0.446 e. The molecule has 3 N–H and O–H groups in total. The van der Waals surface area contributed by atoms with Gasteiger partial charge < -0.3 is 5.32 Å². The van der Waals surface area contributed by atoms with Crippen molar-refractivity contribution in [1.29, 1.82) is 0 Å². The number of rotatable bonds is 8. The number of thioether (sulfide) groups is 1. The van der Waals surface area contributed by atoms with Gasteiger partial charge in [-0.3, -0.25) is 9.32 Å². The molecule has 2 heterocycles. The number of carbonyl (C=O) groups excluding carboxylic acids is 1. The number of nitrogens with zero attached hydrogens (tertiary/aromatic N) is 4. The van der Waals surface area contributed by atoms with Gasteiger partial charge in [-0.2, -0.15) is 0 Å². The van der Waals surface area contributed by atoms with E-state index in [-0.39, 0.29) is 32.5 Å². The topological polar surface area (TPSA) is 176 Å². The van der Waals surface area contributed by atoms with Crippen molar-refractivity contribution in [1.82, 2.24) is 25.4 Å². The van der Waals surface area contributed by atoms with E-state index in [1.54, 1.807) is 6.92 Å². The molecule has 2 aromatic heterocycles. The van der Waals surface area contributed by atoms with Gasteiger partial charge in [-0.25, -0.2) is 31.9 Å². The standard InChI is InChI=1S/C15H14BrFN6O6S2/c1-7(19-11(24)6-31(18,26)27)5-30-14-12(20-29-22-14)13-21-28-15(25)23(13)8-2-3-10(17)9(16)4-8/h2-4,7H,5-6H2,1H3,(H,19,24)(H2,18,26,27)/t7-/m0/s1. The lowest BCUT2D eigenvalue weighted by Crippen LogP contribution is -2.39. The number of carbonyl (C=O) groups is 1. The number of amides is 1. The summed E-state index contributed by atoms with van der Waals surface area (Å²) in [6.07, 6.45) is 0. The van der Waals surface area contributed by atoms with E-state index in [1.165, 1.54) is 12.1 Å². The molecule has 0 unspecified atom stereocenters. The van der Waals surface area contributed by atoms with E-state index < -0.39 is 39.3 Å². The number of aromatic nitrogens is 4. The third-order valence-corrected chi connectivity index (χ3v) is 6.13. The Morgan fingerprint density at radius 1 is 1.39 bits per heavy atom. The van der Waals surface area contributed by atoms with Crippen LogP contribution in [0.25, 0.3) is 17.2 Å². The SMILES string of the molecule is C[C@@H](CSc1nonc1-c1noc(=O)n1-c1ccc(F)c(Br)c1)NC(=O)CS(N)(=O)=O. The summed E-state index contributed by atoms with van der Waals surface area (Å²) in [5.74, 6) is -2.72. The van der Waals surface area contributed by atoms with Gasteiger partial charge in [0.1, 0.15) is 11.6 Å². The first-order valence-corrected chi connectivity index (χ1v) is 11.8. The maximum atomic E-state index is 13.6. The molecule has 0 bridgehead atoms. The van der Waals surface area contributed by atoms with E-state index in [9.17, 15) is 22.4 Å². The summed E-state index contributed by atoms with van der Waals surface area (Å²) < 4.78 is 46.2. The minimum Gasteiger partial charge on any atom is -0.352 e. The predicted molar refractivity (Wildman–Crippen MR) is 109 cm³/mol. The molecule has 1 aromatic carbocycles. The molecular formula is C15H14BrFN6O6S2. The van der Waals surface area contributed by atoms with Crippen molar-refractivity contribution < 1.29 is 26.8 Å². The number of nitrogens with two attached hydrogens (primary N) is 1. The molecule has 3 rings (SSSR count). The number of nitrogens with one attached hydrogen (secondary N) is 1. The Labute approximate surface area is 186 Å². The summed E-state index contributed by atoms with van der Waals surface area (Å²) in [6, 6.07) is 3.41. The summed E-state index contributed by atoms with van der Waals surface area (Å²) in [4.78, 5) is 23.8. The molecular weight excluding hydrogens is 523 g/mol. The lowest BCUT2D eigenvalue weighted by molar-refractivity contribution is -0.119. The van der Waals surface area contributed by atoms with Crippen LogP contribution in [0.3, 0.4) is 0 Å². The van der Waals surface area contributed by atoms with Gasteiger partial charge >= 0.3 is 5.76 Å². The van der Waals surface area contributed by atoms with Crippen LogP contribution < -0.4 is 16.2 Å². The Kier molecular flexibility index (Phi) is 6.93. The summed E-state index contributed by atoms with van der Waals surface area (Å²) in [7, 11) is -3.94. The average molecular weight is 537 g/mol. The molecule has 3 aromatic rings. The number of sulfonamides is 1. The first-order chi connectivity index (χ1) is 14.5. The van der Waals surface area contributed by atoms with Gasteiger partial charge in [-0.05, 0) is 51.4 Å². The Bertz CT molecular complexity index is 1270. The highest BCUT2D eigenvalue weighted by atomic mass is 79.9. The number of hydrogen-bond donors (Lipinski definition) is 2. The third kappa shape index (κ3) is 5.78. The van der Waals surface area contributed by atoms with E-state index in [0.29, 0.717) is 0 Å². The van der Waals surface area contributed by atoms with Crippen molar-refractivity contribution in [2.24, 2.45) is 5.14 Å². The van der Waals surface area contributed by atoms with Crippen LogP contribution in [-0.4, -0.2) is 51.9 Å². The number of halogens is 2. The molecule has 0 saturated carbocycles. The zero-order valence-corrected chi connectivity index (χ0v) is 18.8. The zero-order valence-electron chi connectivity index (χ0n) is 15.6. The molecule has 0 aliphatic heterocycles. The lowest BCUT2D eigenvalue weighted by Gasteiger charge is -2.12. The number of primary sulfonamides is 1. The van der Waals surface area contributed by atoms with Crippen molar-refractivity contribution in [3.05, 3.63) is 39.0 Å². The van der Waals surface area contributed by atoms with Gasteiger partial charge in [0.2, 0.25) is 21.8 Å². The van der Waals surface area contributed by atoms with Crippen LogP contribution in [0.5, 0.6) is 0 Å². The van der Waals surface area contributed by atoms with Crippen LogP contribution in [0.1, 0.15) is 6.92 Å². The maximum Gasteiger partial charge on any atom is 0.446 e. The second-order valence-electron chi connectivity index (χ2n) is 6.21. The number of hydrogen-bond acceptors (Lipinski definition) is 10. The lowest BCUT2D eigenvalue weighted by atomic mass is 10.3. The highest BCUT2D eigenvalue weighted by Crippen LogP contribution is 2.29. The predicted octanol–water partition coefficient (Wildman–Crippen LogP) is 0.662. The Morgan fingerprint density at radius 3 is 2.81 bits per heavy atom. The average Bonchev–Trinajstić information content (AvgIpc) is 3.26. The fourth-order valence-electron chi connectivity index (χ4n) is 2.41. The van der Waals surface area contributed by atoms with E-state index >= 15 is 0 Å². The first kappa shape index (κ1) is 23.1. The smallest absolute Gasteiger partial charge is 0.352 e. The minimum atomic E-state index is -3.94. The highest BCUT2D eigenvalue weighted by molar-refractivity contribution is 9.10. The van der Waals surface area contributed by atoms with Gasteiger partial charge in [0.05, 0.1) is 10.2 Å². The Hall–Kier alpha value is -2.56. The van der Waals surface area contributed by atoms with Crippen molar-refractivity contribution in [3.63, 3.8) is 0 Å². The zero-order chi connectivity index (χ0) is 22.8. The van der Waals surface area contributed by atoms with Crippen molar-refractivity contribution in [2.75, 3.05) is 11.5 Å². The van der Waals surface area contributed by atoms with E-state index in [2.05, 4.69) is 36.7 Å². The van der Waals surface area contributed by atoms with Crippen molar-refractivity contribution in [2.45, 2.75) is 18.0 Å². The van der Waals surface area contributed by atoms with E-state index in [4.69, 9.17) is 14.3 Å². The highest BCUT2D eigenvalue weighted by Gasteiger charge is 2.24. The normalized spacial score (nSPS) is 12.6. The van der Waals surface area contributed by atoms with Gasteiger partial charge in [0.15, 0.2) is 10.7 Å². The van der Waals surface area contributed by atoms with Crippen LogP contribution in [-0.2, 0) is 14.8 Å². The summed E-state index contributed by atoms with van der Waals surface area (Å²) in [6.45, 7) is 1.64. The molecule has 0 aliphatic carbocycles. The molecule has 1 amide bonds. The minimum absolute atomic E-state index is 0.0295. The fraction of sp³-hybridized carbons (Fsp3) is 0.267. The summed E-state index contributed by atoms with van der Waals surface area (Å²) >= 11 is 4.16. The van der Waals surface area contributed by atoms with Gasteiger partial charge in [0, 0.05) is 11.8 Å². The van der Waals surface area contributed by atoms with Crippen LogP contribution in [0, 0.1) is 5.82 Å². The molecule has 0 spiro atoms. The maximum absolute atomic E-state index is 13.6. The molecule has 0 fully saturated rings. The summed E-state index contributed by atoms with van der Waals surface area (Å²) in [5, 5.41) is 18.8. The quantitative estimate of drug-likeness (QED) is 0.388. The van der Waals surface area contributed by atoms with E-state index in [0.717, 1.165) is 22.4 Å². The first-order valence-electron chi connectivity index (χ1n) is 8.35. The van der Waals surface area contributed by atoms with Crippen molar-refractivity contribution in [3.8, 4) is 17.2 Å². The van der Waals surface area contributed by atoms with Crippen LogP contribution in [0.4, 0.5) is 4.39 Å². The molecule has 12 nitrogen and oxygen atoms in total. The third-order valence-electron chi connectivity index (χ3n) is 3.65. The second kappa shape index (κ2) is 9.29. The molecule has 31 heavy (non-hydrogen) atoms. The van der Waals surface area contributed by atoms with Crippen LogP contribution in [0.15, 0.2) is 41.6 Å². The Balaban J connectivity index is 1.79. The molecule has 166 valence electrons. The van der Waals surface area contributed by atoms with Crippen LogP contribution >= 0.6 is 27.7 Å². The monoisotopic (exact) mass is 536 g/mol. The molecule has 0 saturated heterocycles. The van der Waals surface area contributed by atoms with Gasteiger partial charge in [0.25, 0.3) is 0 Å². The van der Waals surface area contributed by atoms with Crippen molar-refractivity contribution >= 4 is 43.6 Å². The Morgan fingerprint density at radius 2 is 2.13 bits per heavy atom. The molecule has 16 heteroatoms. The summed E-state index contributed by atoms with van der Waals surface area (Å²) in [5.41, 5.74) is 0.344. The van der Waals surface area contributed by atoms with Crippen LogP contribution in [0.2, 0.25) is 0 Å². The van der Waals surface area contributed by atoms with Gasteiger partial charge in [-0.15, -0.1) is 0 Å². The number of benzene rings is 1.